The average molecular weight is 365 g/mol. The number of nitriles is 1. The van der Waals surface area contributed by atoms with E-state index >= 15 is 0 Å². The molecule has 2 aromatic rings. The van der Waals surface area contributed by atoms with Gasteiger partial charge in [-0.2, -0.15) is 5.26 Å². The molecule has 5 heteroatoms. The molecule has 1 N–H and O–H groups in total. The van der Waals surface area contributed by atoms with Gasteiger partial charge in [0.15, 0.2) is 0 Å². The van der Waals surface area contributed by atoms with Crippen molar-refractivity contribution in [2.24, 2.45) is 0 Å². The highest BCUT2D eigenvalue weighted by atomic mass is 16.5. The van der Waals surface area contributed by atoms with E-state index in [4.69, 9.17) is 14.7 Å². The minimum absolute atomic E-state index is 0.0114. The summed E-state index contributed by atoms with van der Waals surface area (Å²) in [6, 6.07) is 17.3. The summed E-state index contributed by atoms with van der Waals surface area (Å²) in [5.41, 5.74) is 2.75. The number of carbonyl (C=O) groups excluding carboxylic acids is 1. The van der Waals surface area contributed by atoms with Crippen molar-refractivity contribution >= 4 is 5.97 Å². The van der Waals surface area contributed by atoms with E-state index < -0.39 is 12.1 Å². The number of nitrogens with zero attached hydrogens (tertiary/aromatic N) is 1. The van der Waals surface area contributed by atoms with Gasteiger partial charge in [-0.05, 0) is 54.7 Å². The minimum atomic E-state index is -0.666. The average Bonchev–Trinajstić information content (AvgIpc) is 2.72. The van der Waals surface area contributed by atoms with E-state index in [9.17, 15) is 9.90 Å². The fraction of sp³-hybridized carbons (Fsp3) is 0.273. The van der Waals surface area contributed by atoms with Gasteiger partial charge in [-0.25, -0.2) is 4.79 Å². The molecular formula is C22H23NO4. The van der Waals surface area contributed by atoms with Crippen LogP contribution >= 0.6 is 0 Å². The van der Waals surface area contributed by atoms with Gasteiger partial charge in [0.1, 0.15) is 12.4 Å². The Hall–Kier alpha value is -3.10. The van der Waals surface area contributed by atoms with Crippen LogP contribution in [0.5, 0.6) is 5.75 Å². The molecule has 0 saturated carbocycles. The number of aliphatic hydroxyl groups is 1. The molecular weight excluding hydrogens is 342 g/mol. The number of carbonyl (C=O) groups is 1. The highest BCUT2D eigenvalue weighted by molar-refractivity contribution is 5.81. The molecule has 0 fully saturated rings. The summed E-state index contributed by atoms with van der Waals surface area (Å²) in [6.45, 7) is 3.84. The van der Waals surface area contributed by atoms with Crippen molar-refractivity contribution in [1.29, 1.82) is 5.26 Å². The summed E-state index contributed by atoms with van der Waals surface area (Å²) in [5.74, 6) is 0.259. The SMILES string of the molecule is C=CC(=O)OCC(O)CCCCOc1ccc(-c2ccc(C#N)cc2)cc1. The zero-order chi connectivity index (χ0) is 19.5. The number of aliphatic hydroxyl groups excluding tert-OH is 1. The smallest absolute Gasteiger partial charge is 0.330 e. The highest BCUT2D eigenvalue weighted by Gasteiger charge is 2.06. The quantitative estimate of drug-likeness (QED) is 0.393. The maximum absolute atomic E-state index is 10.9. The Balaban J connectivity index is 1.68. The van der Waals surface area contributed by atoms with Gasteiger partial charge in [0, 0.05) is 6.08 Å². The molecule has 1 unspecified atom stereocenters. The maximum atomic E-state index is 10.9. The van der Waals surface area contributed by atoms with Crippen LogP contribution in [0.15, 0.2) is 61.2 Å². The van der Waals surface area contributed by atoms with Crippen molar-refractivity contribution in [3.8, 4) is 22.9 Å². The first kappa shape index (κ1) is 20.2. The number of benzene rings is 2. The number of unbranched alkanes of at least 4 members (excludes halogenated alkanes) is 1. The fourth-order valence-corrected chi connectivity index (χ4v) is 2.47. The lowest BCUT2D eigenvalue weighted by molar-refractivity contribution is -0.140. The first-order valence-corrected chi connectivity index (χ1v) is 8.83. The molecule has 0 radical (unpaired) electrons. The summed E-state index contributed by atoms with van der Waals surface area (Å²) in [5, 5.41) is 18.6. The van der Waals surface area contributed by atoms with E-state index in [0.717, 1.165) is 35.8 Å². The predicted octanol–water partition coefficient (Wildman–Crippen LogP) is 3.86. The van der Waals surface area contributed by atoms with Crippen LogP contribution in [0.2, 0.25) is 0 Å². The summed E-state index contributed by atoms with van der Waals surface area (Å²) >= 11 is 0. The predicted molar refractivity (Wildman–Crippen MR) is 103 cm³/mol. The molecule has 2 rings (SSSR count). The Labute approximate surface area is 159 Å². The van der Waals surface area contributed by atoms with Crippen LogP contribution < -0.4 is 4.74 Å². The van der Waals surface area contributed by atoms with Crippen LogP contribution in [0.25, 0.3) is 11.1 Å². The lowest BCUT2D eigenvalue weighted by Gasteiger charge is -2.11. The summed E-state index contributed by atoms with van der Waals surface area (Å²) in [6.07, 6.45) is 2.53. The van der Waals surface area contributed by atoms with E-state index in [1.807, 2.05) is 36.4 Å². The van der Waals surface area contributed by atoms with Gasteiger partial charge in [0.2, 0.25) is 0 Å². The normalized spacial score (nSPS) is 11.3. The number of hydrogen-bond donors (Lipinski definition) is 1. The van der Waals surface area contributed by atoms with Gasteiger partial charge in [0.25, 0.3) is 0 Å². The summed E-state index contributed by atoms with van der Waals surface area (Å²) in [4.78, 5) is 10.9. The molecule has 0 aliphatic heterocycles. The van der Waals surface area contributed by atoms with Crippen LogP contribution in [0.1, 0.15) is 24.8 Å². The molecule has 0 heterocycles. The lowest BCUT2D eigenvalue weighted by atomic mass is 10.0. The zero-order valence-electron chi connectivity index (χ0n) is 15.1. The van der Waals surface area contributed by atoms with Crippen molar-refractivity contribution in [2.45, 2.75) is 25.4 Å². The van der Waals surface area contributed by atoms with E-state index in [2.05, 4.69) is 12.6 Å². The Morgan fingerprint density at radius 3 is 2.33 bits per heavy atom. The Morgan fingerprint density at radius 2 is 1.74 bits per heavy atom. The van der Waals surface area contributed by atoms with Crippen molar-refractivity contribution in [3.05, 3.63) is 66.7 Å². The molecule has 0 aliphatic rings. The largest absolute Gasteiger partial charge is 0.494 e. The third-order valence-electron chi connectivity index (χ3n) is 3.99. The van der Waals surface area contributed by atoms with Gasteiger partial charge >= 0.3 is 5.97 Å². The topological polar surface area (TPSA) is 79.6 Å². The van der Waals surface area contributed by atoms with Crippen LogP contribution in [0.3, 0.4) is 0 Å². The molecule has 5 nitrogen and oxygen atoms in total. The lowest BCUT2D eigenvalue weighted by Crippen LogP contribution is -2.17. The fourth-order valence-electron chi connectivity index (χ4n) is 2.47. The molecule has 0 bridgehead atoms. The number of hydrogen-bond acceptors (Lipinski definition) is 5. The number of rotatable bonds is 10. The van der Waals surface area contributed by atoms with Crippen LogP contribution in [0.4, 0.5) is 0 Å². The second-order valence-corrected chi connectivity index (χ2v) is 6.05. The molecule has 0 aliphatic carbocycles. The third kappa shape index (κ3) is 6.96. The Morgan fingerprint density at radius 1 is 1.11 bits per heavy atom. The molecule has 140 valence electrons. The van der Waals surface area contributed by atoms with Gasteiger partial charge in [0.05, 0.1) is 24.3 Å². The monoisotopic (exact) mass is 365 g/mol. The van der Waals surface area contributed by atoms with Gasteiger partial charge in [-0.1, -0.05) is 30.8 Å². The van der Waals surface area contributed by atoms with Gasteiger partial charge < -0.3 is 14.6 Å². The Bertz CT molecular complexity index is 775. The number of ether oxygens (including phenoxy) is 2. The third-order valence-corrected chi connectivity index (χ3v) is 3.99. The van der Waals surface area contributed by atoms with Crippen LogP contribution in [-0.4, -0.2) is 30.4 Å². The van der Waals surface area contributed by atoms with Crippen molar-refractivity contribution in [3.63, 3.8) is 0 Å². The molecule has 0 aromatic heterocycles. The van der Waals surface area contributed by atoms with E-state index in [1.165, 1.54) is 0 Å². The summed E-state index contributed by atoms with van der Waals surface area (Å²) in [7, 11) is 0. The summed E-state index contributed by atoms with van der Waals surface area (Å²) < 4.78 is 10.5. The van der Waals surface area contributed by atoms with E-state index in [0.29, 0.717) is 18.6 Å². The number of esters is 1. The standard InChI is InChI=1S/C22H23NO4/c1-2-22(25)27-16-20(24)5-3-4-14-26-21-12-10-19(11-13-21)18-8-6-17(15-23)7-9-18/h2,6-13,20,24H,1,3-5,14,16H2. The minimum Gasteiger partial charge on any atom is -0.494 e. The van der Waals surface area contributed by atoms with E-state index in [-0.39, 0.29) is 6.61 Å². The van der Waals surface area contributed by atoms with E-state index in [1.54, 1.807) is 12.1 Å². The molecule has 2 aromatic carbocycles. The second-order valence-electron chi connectivity index (χ2n) is 6.05. The molecule has 0 saturated heterocycles. The maximum Gasteiger partial charge on any atom is 0.330 e. The molecule has 0 spiro atoms. The first-order chi connectivity index (χ1) is 13.1. The molecule has 1 atom stereocenters. The second kappa shape index (κ2) is 10.8. The molecule has 0 amide bonds. The molecule has 27 heavy (non-hydrogen) atoms. The van der Waals surface area contributed by atoms with Crippen molar-refractivity contribution in [1.82, 2.24) is 0 Å². The first-order valence-electron chi connectivity index (χ1n) is 8.83. The Kier molecular flexibility index (Phi) is 8.08. The van der Waals surface area contributed by atoms with Crippen molar-refractivity contribution in [2.75, 3.05) is 13.2 Å². The highest BCUT2D eigenvalue weighted by Crippen LogP contribution is 2.23. The van der Waals surface area contributed by atoms with Gasteiger partial charge in [-0.15, -0.1) is 0 Å². The van der Waals surface area contributed by atoms with Crippen LogP contribution in [0, 0.1) is 11.3 Å². The van der Waals surface area contributed by atoms with Crippen LogP contribution in [-0.2, 0) is 9.53 Å². The van der Waals surface area contributed by atoms with Crippen molar-refractivity contribution < 1.29 is 19.4 Å². The zero-order valence-corrected chi connectivity index (χ0v) is 15.1. The van der Waals surface area contributed by atoms with Gasteiger partial charge in [-0.3, -0.25) is 0 Å².